The number of amides is 1. The number of anilines is 1. The Kier molecular flexibility index (Phi) is 4.09. The second kappa shape index (κ2) is 6.56. The van der Waals surface area contributed by atoms with E-state index >= 15 is 0 Å². The van der Waals surface area contributed by atoms with Crippen LogP contribution in [-0.4, -0.2) is 22.4 Å². The van der Waals surface area contributed by atoms with Crippen LogP contribution in [-0.2, 0) is 0 Å². The van der Waals surface area contributed by atoms with Crippen molar-refractivity contribution in [2.24, 2.45) is 0 Å². The average Bonchev–Trinajstić information content (AvgIpc) is 2.66. The number of fused-ring (bicyclic) bond motifs is 2. The molecule has 0 aliphatic rings. The molecule has 0 radical (unpaired) electrons. The molecular weight excluding hydrogens is 322 g/mol. The third-order valence-corrected chi connectivity index (χ3v) is 4.46. The molecule has 0 spiro atoms. The third kappa shape index (κ3) is 2.90. The van der Waals surface area contributed by atoms with Gasteiger partial charge >= 0.3 is 0 Å². The average molecular weight is 341 g/mol. The third-order valence-electron chi connectivity index (χ3n) is 4.46. The highest BCUT2D eigenvalue weighted by Crippen LogP contribution is 2.21. The van der Waals surface area contributed by atoms with Crippen molar-refractivity contribution in [3.8, 4) is 0 Å². The fourth-order valence-corrected chi connectivity index (χ4v) is 3.15. The van der Waals surface area contributed by atoms with Crippen molar-refractivity contribution in [3.63, 3.8) is 0 Å². The molecule has 0 saturated heterocycles. The fraction of sp³-hybridized carbons (Fsp3) is 0.136. The largest absolute Gasteiger partial charge is 0.309 e. The van der Waals surface area contributed by atoms with Crippen LogP contribution in [0, 0.1) is 6.92 Å². The van der Waals surface area contributed by atoms with Crippen LogP contribution in [0.2, 0.25) is 0 Å². The summed E-state index contributed by atoms with van der Waals surface area (Å²) in [6.07, 6.45) is 0. The van der Waals surface area contributed by atoms with Gasteiger partial charge in [0.2, 0.25) is 0 Å². The van der Waals surface area contributed by atoms with Gasteiger partial charge in [0.05, 0.1) is 22.1 Å². The zero-order valence-corrected chi connectivity index (χ0v) is 14.8. The number of aryl methyl sites for hydroxylation is 1. The lowest BCUT2D eigenvalue weighted by molar-refractivity contribution is 0.0988. The quantitative estimate of drug-likeness (QED) is 0.505. The first-order valence-corrected chi connectivity index (χ1v) is 8.71. The number of rotatable bonds is 3. The number of carbonyl (C=O) groups is 1. The molecule has 0 N–H and O–H groups in total. The molecule has 0 saturated carbocycles. The van der Waals surface area contributed by atoms with Gasteiger partial charge in [-0.1, -0.05) is 24.3 Å². The Labute approximate surface area is 152 Å². The normalized spacial score (nSPS) is 11.0. The molecule has 128 valence electrons. The van der Waals surface area contributed by atoms with E-state index in [0.717, 1.165) is 33.3 Å². The predicted octanol–water partition coefficient (Wildman–Crippen LogP) is 4.76. The summed E-state index contributed by atoms with van der Waals surface area (Å²) in [5.41, 5.74) is 5.86. The first-order chi connectivity index (χ1) is 12.7. The maximum atomic E-state index is 13.1. The minimum Gasteiger partial charge on any atom is -0.309 e. The Morgan fingerprint density at radius 1 is 0.846 bits per heavy atom. The van der Waals surface area contributed by atoms with Crippen molar-refractivity contribution in [2.45, 2.75) is 13.8 Å². The summed E-state index contributed by atoms with van der Waals surface area (Å²) in [5.74, 6) is -0.0324. The summed E-state index contributed by atoms with van der Waals surface area (Å²) >= 11 is 0. The molecule has 0 fully saturated rings. The number of carbonyl (C=O) groups excluding carboxylic acids is 1. The fourth-order valence-electron chi connectivity index (χ4n) is 3.15. The lowest BCUT2D eigenvalue weighted by Crippen LogP contribution is -2.30. The molecule has 4 aromatic rings. The van der Waals surface area contributed by atoms with Crippen LogP contribution in [0.25, 0.3) is 22.1 Å². The molecule has 0 bridgehead atoms. The maximum Gasteiger partial charge on any atom is 0.258 e. The van der Waals surface area contributed by atoms with Gasteiger partial charge in [-0.05, 0) is 61.9 Å². The van der Waals surface area contributed by atoms with Crippen molar-refractivity contribution in [1.29, 1.82) is 0 Å². The van der Waals surface area contributed by atoms with Gasteiger partial charge in [0, 0.05) is 17.8 Å². The summed E-state index contributed by atoms with van der Waals surface area (Å²) in [6, 6.07) is 21.3. The molecule has 0 atom stereocenters. The molecule has 0 aliphatic heterocycles. The summed E-state index contributed by atoms with van der Waals surface area (Å²) < 4.78 is 0. The Balaban J connectivity index is 1.77. The minimum atomic E-state index is -0.0324. The molecule has 1 aromatic heterocycles. The lowest BCUT2D eigenvalue weighted by atomic mass is 10.1. The predicted molar refractivity (Wildman–Crippen MR) is 106 cm³/mol. The first-order valence-electron chi connectivity index (χ1n) is 8.71. The van der Waals surface area contributed by atoms with Gasteiger partial charge in [-0.3, -0.25) is 4.79 Å². The zero-order chi connectivity index (χ0) is 18.1. The van der Waals surface area contributed by atoms with Crippen molar-refractivity contribution >= 4 is 33.7 Å². The molecule has 4 nitrogen and oxygen atoms in total. The maximum absolute atomic E-state index is 13.1. The van der Waals surface area contributed by atoms with Crippen molar-refractivity contribution < 1.29 is 4.79 Å². The van der Waals surface area contributed by atoms with Gasteiger partial charge in [-0.25, -0.2) is 9.97 Å². The SMILES string of the molecule is CCN(C(=O)c1ccc2nc3ccccc3nc2c1)c1cccc(C)c1. The molecular formula is C22H19N3O. The lowest BCUT2D eigenvalue weighted by Gasteiger charge is -2.21. The van der Waals surface area contributed by atoms with E-state index in [9.17, 15) is 4.79 Å². The Bertz CT molecular complexity index is 1120. The summed E-state index contributed by atoms with van der Waals surface area (Å²) in [5, 5.41) is 0. The van der Waals surface area contributed by atoms with Crippen LogP contribution in [0.15, 0.2) is 66.7 Å². The van der Waals surface area contributed by atoms with Gasteiger partial charge < -0.3 is 4.90 Å². The molecule has 4 rings (SSSR count). The number of benzene rings is 3. The molecule has 1 amide bonds. The number of aromatic nitrogens is 2. The molecule has 0 unspecified atom stereocenters. The standard InChI is InChI=1S/C22H19N3O/c1-3-25(17-8-6-7-15(2)13-17)22(26)16-11-12-20-21(14-16)24-19-10-5-4-9-18(19)23-20/h4-14H,3H2,1-2H3. The Hall–Kier alpha value is -3.27. The van der Waals surface area contributed by atoms with E-state index in [1.807, 2.05) is 80.6 Å². The van der Waals surface area contributed by atoms with E-state index in [0.29, 0.717) is 12.1 Å². The van der Waals surface area contributed by atoms with Gasteiger partial charge in [-0.2, -0.15) is 0 Å². The second-order valence-electron chi connectivity index (χ2n) is 6.30. The van der Waals surface area contributed by atoms with Crippen LogP contribution in [0.1, 0.15) is 22.8 Å². The highest BCUT2D eigenvalue weighted by molar-refractivity contribution is 6.07. The second-order valence-corrected chi connectivity index (χ2v) is 6.30. The Morgan fingerprint density at radius 2 is 1.54 bits per heavy atom. The molecule has 1 heterocycles. The van der Waals surface area contributed by atoms with Crippen LogP contribution >= 0.6 is 0 Å². The molecule has 0 aliphatic carbocycles. The smallest absolute Gasteiger partial charge is 0.258 e. The van der Waals surface area contributed by atoms with E-state index in [-0.39, 0.29) is 5.91 Å². The number of hydrogen-bond acceptors (Lipinski definition) is 3. The van der Waals surface area contributed by atoms with Crippen molar-refractivity contribution in [1.82, 2.24) is 9.97 Å². The van der Waals surface area contributed by atoms with E-state index < -0.39 is 0 Å². The monoisotopic (exact) mass is 341 g/mol. The van der Waals surface area contributed by atoms with E-state index in [2.05, 4.69) is 9.97 Å². The van der Waals surface area contributed by atoms with Gasteiger partial charge in [0.1, 0.15) is 0 Å². The van der Waals surface area contributed by atoms with Crippen LogP contribution in [0.5, 0.6) is 0 Å². The van der Waals surface area contributed by atoms with E-state index in [1.54, 1.807) is 4.90 Å². The van der Waals surface area contributed by atoms with Gasteiger partial charge in [-0.15, -0.1) is 0 Å². The number of hydrogen-bond donors (Lipinski definition) is 0. The van der Waals surface area contributed by atoms with E-state index in [1.165, 1.54) is 0 Å². The number of nitrogens with zero attached hydrogens (tertiary/aromatic N) is 3. The van der Waals surface area contributed by atoms with Crippen molar-refractivity contribution in [2.75, 3.05) is 11.4 Å². The summed E-state index contributed by atoms with van der Waals surface area (Å²) in [4.78, 5) is 24.1. The van der Waals surface area contributed by atoms with Crippen molar-refractivity contribution in [3.05, 3.63) is 77.9 Å². The van der Waals surface area contributed by atoms with Gasteiger partial charge in [0.15, 0.2) is 0 Å². The highest BCUT2D eigenvalue weighted by Gasteiger charge is 2.17. The molecule has 4 heteroatoms. The molecule has 26 heavy (non-hydrogen) atoms. The number of para-hydroxylation sites is 2. The van der Waals surface area contributed by atoms with Gasteiger partial charge in [0.25, 0.3) is 5.91 Å². The van der Waals surface area contributed by atoms with E-state index in [4.69, 9.17) is 0 Å². The summed E-state index contributed by atoms with van der Waals surface area (Å²) in [7, 11) is 0. The Morgan fingerprint density at radius 3 is 2.23 bits per heavy atom. The topological polar surface area (TPSA) is 46.1 Å². The molecule has 3 aromatic carbocycles. The zero-order valence-electron chi connectivity index (χ0n) is 14.8. The van der Waals surface area contributed by atoms with Crippen LogP contribution in [0.3, 0.4) is 0 Å². The summed E-state index contributed by atoms with van der Waals surface area (Å²) in [6.45, 7) is 4.61. The van der Waals surface area contributed by atoms with Crippen LogP contribution < -0.4 is 4.90 Å². The first kappa shape index (κ1) is 16.2. The minimum absolute atomic E-state index is 0.0324. The highest BCUT2D eigenvalue weighted by atomic mass is 16.2. The van der Waals surface area contributed by atoms with Crippen LogP contribution in [0.4, 0.5) is 5.69 Å².